The Morgan fingerprint density at radius 3 is 2.85 bits per heavy atom. The minimum Gasteiger partial charge on any atom is -0.497 e. The fourth-order valence-corrected chi connectivity index (χ4v) is 3.86. The quantitative estimate of drug-likeness (QED) is 0.696. The number of nitrogens with zero attached hydrogens (tertiary/aromatic N) is 3. The highest BCUT2D eigenvalue weighted by Crippen LogP contribution is 2.39. The topological polar surface area (TPSA) is 56.1 Å². The van der Waals surface area contributed by atoms with Gasteiger partial charge in [-0.2, -0.15) is 0 Å². The van der Waals surface area contributed by atoms with Crippen LogP contribution >= 0.6 is 0 Å². The summed E-state index contributed by atoms with van der Waals surface area (Å²) >= 11 is 0. The lowest BCUT2D eigenvalue weighted by Crippen LogP contribution is -2.25. The number of aromatic nitrogens is 2. The number of ether oxygens (including phenoxy) is 2. The molecule has 6 nitrogen and oxygen atoms in total. The third-order valence-electron chi connectivity index (χ3n) is 5.15. The Morgan fingerprint density at radius 2 is 2.04 bits per heavy atom. The van der Waals surface area contributed by atoms with E-state index < -0.39 is 0 Å². The summed E-state index contributed by atoms with van der Waals surface area (Å²) in [5.41, 5.74) is 2.53. The molecule has 2 aromatic heterocycles. The maximum Gasteiger partial charge on any atom is 0.258 e. The Balaban J connectivity index is 1.66. The number of rotatable bonds is 5. The van der Waals surface area contributed by atoms with E-state index in [1.165, 1.54) is 0 Å². The number of methoxy groups -OCH3 is 2. The van der Waals surface area contributed by atoms with Crippen molar-refractivity contribution in [2.24, 2.45) is 0 Å². The molecule has 3 heterocycles. The fourth-order valence-electron chi connectivity index (χ4n) is 3.86. The van der Waals surface area contributed by atoms with Crippen molar-refractivity contribution in [1.29, 1.82) is 0 Å². The van der Waals surface area contributed by atoms with Gasteiger partial charge in [0.05, 0.1) is 19.9 Å². The monoisotopic (exact) mass is 365 g/mol. The predicted octanol–water partition coefficient (Wildman–Crippen LogP) is 3.05. The highest BCUT2D eigenvalue weighted by atomic mass is 16.5. The van der Waals surface area contributed by atoms with Crippen molar-refractivity contribution in [3.63, 3.8) is 0 Å². The van der Waals surface area contributed by atoms with Gasteiger partial charge in [0.2, 0.25) is 0 Å². The summed E-state index contributed by atoms with van der Waals surface area (Å²) in [6.45, 7) is 1.59. The maximum atomic E-state index is 12.4. The SMILES string of the molecule is COc1ccc(OC)c([C@H]2CCCN2Cc2cc(=O)n3ccccc3n2)c1. The zero-order valence-corrected chi connectivity index (χ0v) is 15.6. The summed E-state index contributed by atoms with van der Waals surface area (Å²) in [7, 11) is 3.36. The van der Waals surface area contributed by atoms with Gasteiger partial charge in [0.15, 0.2) is 0 Å². The molecule has 0 amide bonds. The largest absolute Gasteiger partial charge is 0.497 e. The second-order valence-electron chi connectivity index (χ2n) is 6.75. The van der Waals surface area contributed by atoms with Gasteiger partial charge in [0.25, 0.3) is 5.56 Å². The molecule has 0 saturated carbocycles. The van der Waals surface area contributed by atoms with Crippen molar-refractivity contribution >= 4 is 5.65 Å². The van der Waals surface area contributed by atoms with E-state index in [2.05, 4.69) is 9.88 Å². The zero-order valence-electron chi connectivity index (χ0n) is 15.6. The lowest BCUT2D eigenvalue weighted by atomic mass is 10.0. The standard InChI is InChI=1S/C21H23N3O3/c1-26-16-8-9-19(27-2)17(13-16)18-6-5-10-23(18)14-15-12-21(25)24-11-4-3-7-20(24)22-15/h3-4,7-9,11-13,18H,5-6,10,14H2,1-2H3/t18-/m1/s1. The lowest BCUT2D eigenvalue weighted by molar-refractivity contribution is 0.239. The Labute approximate surface area is 158 Å². The summed E-state index contributed by atoms with van der Waals surface area (Å²) < 4.78 is 12.5. The van der Waals surface area contributed by atoms with Gasteiger partial charge in [0, 0.05) is 30.4 Å². The summed E-state index contributed by atoms with van der Waals surface area (Å²) in [4.78, 5) is 19.4. The fraction of sp³-hybridized carbons (Fsp3) is 0.333. The second kappa shape index (κ2) is 7.40. The molecule has 1 aliphatic rings. The average Bonchev–Trinajstić information content (AvgIpc) is 3.15. The zero-order chi connectivity index (χ0) is 18.8. The van der Waals surface area contributed by atoms with Crippen LogP contribution in [-0.2, 0) is 6.54 Å². The first kappa shape index (κ1) is 17.5. The first-order chi connectivity index (χ1) is 13.2. The van der Waals surface area contributed by atoms with E-state index in [0.717, 1.165) is 42.1 Å². The van der Waals surface area contributed by atoms with Gasteiger partial charge in [-0.1, -0.05) is 6.07 Å². The number of likely N-dealkylation sites (tertiary alicyclic amines) is 1. The molecule has 1 atom stereocenters. The van der Waals surface area contributed by atoms with Crippen LogP contribution in [0.5, 0.6) is 11.5 Å². The lowest BCUT2D eigenvalue weighted by Gasteiger charge is -2.26. The molecule has 0 aliphatic carbocycles. The van der Waals surface area contributed by atoms with Crippen LogP contribution < -0.4 is 15.0 Å². The molecule has 0 N–H and O–H groups in total. The van der Waals surface area contributed by atoms with Gasteiger partial charge in [-0.3, -0.25) is 14.1 Å². The van der Waals surface area contributed by atoms with Crippen LogP contribution in [0.2, 0.25) is 0 Å². The Morgan fingerprint density at radius 1 is 1.15 bits per heavy atom. The number of hydrogen-bond donors (Lipinski definition) is 0. The first-order valence-corrected chi connectivity index (χ1v) is 9.13. The van der Waals surface area contributed by atoms with Crippen LogP contribution in [0.4, 0.5) is 0 Å². The van der Waals surface area contributed by atoms with E-state index in [1.54, 1.807) is 30.9 Å². The van der Waals surface area contributed by atoms with Crippen LogP contribution in [0.1, 0.15) is 30.1 Å². The van der Waals surface area contributed by atoms with E-state index >= 15 is 0 Å². The molecule has 3 aromatic rings. The molecular formula is C21H23N3O3. The number of benzene rings is 1. The highest BCUT2D eigenvalue weighted by molar-refractivity contribution is 5.43. The predicted molar refractivity (Wildman–Crippen MR) is 103 cm³/mol. The molecule has 140 valence electrons. The van der Waals surface area contributed by atoms with Gasteiger partial charge in [-0.15, -0.1) is 0 Å². The highest BCUT2D eigenvalue weighted by Gasteiger charge is 2.29. The number of fused-ring (bicyclic) bond motifs is 1. The molecule has 0 unspecified atom stereocenters. The normalized spacial score (nSPS) is 17.3. The van der Waals surface area contributed by atoms with E-state index in [1.807, 2.05) is 36.4 Å². The minimum absolute atomic E-state index is 0.0506. The van der Waals surface area contributed by atoms with Crippen molar-refractivity contribution in [3.8, 4) is 11.5 Å². The molecule has 1 fully saturated rings. The minimum atomic E-state index is -0.0506. The van der Waals surface area contributed by atoms with Crippen LogP contribution in [0.15, 0.2) is 53.5 Å². The molecule has 1 aromatic carbocycles. The van der Waals surface area contributed by atoms with Gasteiger partial charge in [0.1, 0.15) is 17.1 Å². The van der Waals surface area contributed by atoms with E-state index in [9.17, 15) is 4.79 Å². The van der Waals surface area contributed by atoms with Crippen molar-refractivity contribution in [2.75, 3.05) is 20.8 Å². The maximum absolute atomic E-state index is 12.4. The van der Waals surface area contributed by atoms with Gasteiger partial charge < -0.3 is 9.47 Å². The molecule has 1 saturated heterocycles. The van der Waals surface area contributed by atoms with Gasteiger partial charge in [-0.25, -0.2) is 4.98 Å². The third kappa shape index (κ3) is 3.40. The molecular weight excluding hydrogens is 342 g/mol. The van der Waals surface area contributed by atoms with Crippen molar-refractivity contribution in [1.82, 2.24) is 14.3 Å². The van der Waals surface area contributed by atoms with Gasteiger partial charge in [-0.05, 0) is 49.7 Å². The Hall–Kier alpha value is -2.86. The van der Waals surface area contributed by atoms with Crippen LogP contribution in [-0.4, -0.2) is 35.0 Å². The third-order valence-corrected chi connectivity index (χ3v) is 5.15. The summed E-state index contributed by atoms with van der Waals surface area (Å²) in [5, 5.41) is 0. The number of hydrogen-bond acceptors (Lipinski definition) is 5. The second-order valence-corrected chi connectivity index (χ2v) is 6.75. The number of pyridine rings is 1. The van der Waals surface area contributed by atoms with E-state index in [4.69, 9.17) is 9.47 Å². The van der Waals surface area contributed by atoms with Crippen LogP contribution in [0.25, 0.3) is 5.65 Å². The molecule has 0 spiro atoms. The van der Waals surface area contributed by atoms with Crippen molar-refractivity contribution in [2.45, 2.75) is 25.4 Å². The summed E-state index contributed by atoms with van der Waals surface area (Å²) in [6.07, 6.45) is 3.88. The average molecular weight is 365 g/mol. The van der Waals surface area contributed by atoms with Gasteiger partial charge >= 0.3 is 0 Å². The molecule has 0 radical (unpaired) electrons. The molecule has 27 heavy (non-hydrogen) atoms. The molecule has 1 aliphatic heterocycles. The van der Waals surface area contributed by atoms with Crippen LogP contribution in [0.3, 0.4) is 0 Å². The molecule has 0 bridgehead atoms. The molecule has 6 heteroatoms. The van der Waals surface area contributed by atoms with Crippen molar-refractivity contribution in [3.05, 3.63) is 70.3 Å². The van der Waals surface area contributed by atoms with Crippen LogP contribution in [0, 0.1) is 0 Å². The van der Waals surface area contributed by atoms with E-state index in [-0.39, 0.29) is 11.6 Å². The van der Waals surface area contributed by atoms with Crippen molar-refractivity contribution < 1.29 is 9.47 Å². The smallest absolute Gasteiger partial charge is 0.258 e. The summed E-state index contributed by atoms with van der Waals surface area (Å²) in [5.74, 6) is 1.68. The van der Waals surface area contributed by atoms with E-state index in [0.29, 0.717) is 12.2 Å². The Bertz CT molecular complexity index is 1010. The molecule has 4 rings (SSSR count). The summed E-state index contributed by atoms with van der Waals surface area (Å²) in [6, 6.07) is 13.3. The Kier molecular flexibility index (Phi) is 4.81. The first-order valence-electron chi connectivity index (χ1n) is 9.13.